The molecule has 0 amide bonds. The van der Waals surface area contributed by atoms with E-state index in [0.717, 1.165) is 4.48 Å². The monoisotopic (exact) mass is 121 g/mol. The maximum atomic E-state index is 3.60. The summed E-state index contributed by atoms with van der Waals surface area (Å²) in [6.07, 6.45) is 1.88. The van der Waals surface area contributed by atoms with Gasteiger partial charge in [0.25, 0.3) is 0 Å². The van der Waals surface area contributed by atoms with E-state index in [4.69, 9.17) is 0 Å². The molecule has 0 atom stereocenters. The molecule has 3 N–H and O–H groups in total. The molecular weight excluding hydrogens is 106 g/mol. The maximum absolute atomic E-state index is 3.60. The molecule has 0 aromatic heterocycles. The van der Waals surface area contributed by atoms with Crippen LogP contribution in [0.25, 0.3) is 0 Å². The maximum Gasteiger partial charge on any atom is 0.0879 e. The highest BCUT2D eigenvalue weighted by Gasteiger charge is 1.94. The molecule has 0 aliphatic carbocycles. The Balaban J connectivity index is -0.000000125. The van der Waals surface area contributed by atoms with E-state index < -0.39 is 0 Å². The summed E-state index contributed by atoms with van der Waals surface area (Å²) < 4.78 is 0.833. The van der Waals surface area contributed by atoms with E-state index in [2.05, 4.69) is 27.7 Å². The van der Waals surface area contributed by atoms with Gasteiger partial charge in [0, 0.05) is 0 Å². The van der Waals surface area contributed by atoms with Crippen molar-refractivity contribution in [3.63, 3.8) is 0 Å². The molecule has 0 spiro atoms. The van der Waals surface area contributed by atoms with Crippen molar-refractivity contribution in [1.82, 2.24) is 0 Å². The fourth-order valence-electron chi connectivity index (χ4n) is 0. The summed E-state index contributed by atoms with van der Waals surface area (Å²) in [7, 11) is 6.19. The first-order valence-corrected chi connectivity index (χ1v) is 2.01. The van der Waals surface area contributed by atoms with Crippen LogP contribution in [0.3, 0.4) is 0 Å². The minimum Gasteiger partial charge on any atom is -0.870 e. The van der Waals surface area contributed by atoms with E-state index in [-0.39, 0.29) is 11.0 Å². The van der Waals surface area contributed by atoms with Gasteiger partial charge in [-0.1, -0.05) is 0 Å². The van der Waals surface area contributed by atoms with E-state index in [9.17, 15) is 0 Å². The molecule has 0 heterocycles. The molecule has 0 aromatic rings. The van der Waals surface area contributed by atoms with Gasteiger partial charge in [-0.05, 0) is 6.58 Å². The lowest BCUT2D eigenvalue weighted by Gasteiger charge is -2.15. The van der Waals surface area contributed by atoms with Crippen LogP contribution < -0.4 is 0 Å². The molecule has 0 aliphatic heterocycles. The van der Waals surface area contributed by atoms with Gasteiger partial charge in [0.15, 0.2) is 0 Å². The summed E-state index contributed by atoms with van der Waals surface area (Å²) in [5, 5.41) is 0. The molecule has 3 nitrogen and oxygen atoms in total. The van der Waals surface area contributed by atoms with Crippen molar-refractivity contribution in [2.24, 2.45) is 0 Å². The quantitative estimate of drug-likeness (QED) is 0.444. The third-order valence-corrected chi connectivity index (χ3v) is 0.548. The minimum absolute atomic E-state index is 0. The van der Waals surface area contributed by atoms with Crippen LogP contribution in [0.15, 0.2) is 12.8 Å². The lowest BCUT2D eigenvalue weighted by atomic mass is 10.7. The lowest BCUT2D eigenvalue weighted by molar-refractivity contribution is -0.816. The summed E-state index contributed by atoms with van der Waals surface area (Å²) in [6, 6.07) is 0. The van der Waals surface area contributed by atoms with E-state index in [1.807, 2.05) is 6.20 Å². The summed E-state index contributed by atoms with van der Waals surface area (Å²) in [5.74, 6) is 0. The Bertz CT molecular complexity index is 55.9. The largest absolute Gasteiger partial charge is 0.870 e. The Morgan fingerprint density at radius 3 is 1.38 bits per heavy atom. The van der Waals surface area contributed by atoms with Crippen molar-refractivity contribution < 1.29 is 15.4 Å². The summed E-state index contributed by atoms with van der Waals surface area (Å²) in [5.41, 5.74) is 0. The highest BCUT2D eigenvalue weighted by Crippen LogP contribution is 1.85. The van der Waals surface area contributed by atoms with Crippen molar-refractivity contribution in [3.8, 4) is 0 Å². The molecule has 0 saturated heterocycles. The molecule has 0 rings (SSSR count). The van der Waals surface area contributed by atoms with Crippen molar-refractivity contribution in [3.05, 3.63) is 12.8 Å². The predicted octanol–water partition coefficient (Wildman–Crippen LogP) is -0.165. The van der Waals surface area contributed by atoms with Crippen LogP contribution in [0.1, 0.15) is 0 Å². The van der Waals surface area contributed by atoms with Gasteiger partial charge in [-0.25, -0.2) is 0 Å². The van der Waals surface area contributed by atoms with E-state index in [1.54, 1.807) is 0 Å². The van der Waals surface area contributed by atoms with Gasteiger partial charge in [-0.15, -0.1) is 0 Å². The van der Waals surface area contributed by atoms with Gasteiger partial charge in [0.2, 0.25) is 0 Å². The van der Waals surface area contributed by atoms with Gasteiger partial charge < -0.3 is 15.4 Å². The SMILES string of the molecule is C=C[N+](C)(C)C.O.[OH-]. The van der Waals surface area contributed by atoms with E-state index >= 15 is 0 Å². The predicted molar refractivity (Wildman–Crippen MR) is 33.8 cm³/mol. The number of nitrogens with zero attached hydrogens (tertiary/aromatic N) is 1. The fraction of sp³-hybridized carbons (Fsp3) is 0.600. The smallest absolute Gasteiger partial charge is 0.0879 e. The normalized spacial score (nSPS) is 8.38. The van der Waals surface area contributed by atoms with Gasteiger partial charge in [0.1, 0.15) is 0 Å². The molecule has 3 heteroatoms. The highest BCUT2D eigenvalue weighted by atomic mass is 16.0. The topological polar surface area (TPSA) is 61.5 Å². The Morgan fingerprint density at radius 1 is 1.25 bits per heavy atom. The first kappa shape index (κ1) is 15.6. The second-order valence-electron chi connectivity index (χ2n) is 2.30. The third kappa shape index (κ3) is 17.5. The molecular formula is C5H15NO2. The van der Waals surface area contributed by atoms with Crippen LogP contribution in [0, 0.1) is 0 Å². The van der Waals surface area contributed by atoms with Gasteiger partial charge in [-0.2, -0.15) is 0 Å². The Hall–Kier alpha value is -0.380. The van der Waals surface area contributed by atoms with Crippen LogP contribution in [0.2, 0.25) is 0 Å². The third-order valence-electron chi connectivity index (χ3n) is 0.548. The van der Waals surface area contributed by atoms with E-state index in [0.29, 0.717) is 0 Å². The Morgan fingerprint density at radius 2 is 1.38 bits per heavy atom. The number of hydrogen-bond acceptors (Lipinski definition) is 1. The zero-order valence-electron chi connectivity index (χ0n) is 5.68. The molecule has 0 radical (unpaired) electrons. The van der Waals surface area contributed by atoms with Crippen LogP contribution in [0.4, 0.5) is 0 Å². The van der Waals surface area contributed by atoms with Crippen molar-refractivity contribution in [1.29, 1.82) is 0 Å². The highest BCUT2D eigenvalue weighted by molar-refractivity contribution is 4.46. The summed E-state index contributed by atoms with van der Waals surface area (Å²) in [4.78, 5) is 0. The number of quaternary nitrogens is 1. The first-order chi connectivity index (χ1) is 2.56. The average Bonchev–Trinajstić information content (AvgIpc) is 1.35. The zero-order chi connectivity index (χ0) is 5.21. The van der Waals surface area contributed by atoms with Crippen molar-refractivity contribution in [2.45, 2.75) is 0 Å². The first-order valence-electron chi connectivity index (χ1n) is 2.01. The second-order valence-corrected chi connectivity index (χ2v) is 2.30. The van der Waals surface area contributed by atoms with E-state index in [1.165, 1.54) is 0 Å². The van der Waals surface area contributed by atoms with Crippen LogP contribution in [0.5, 0.6) is 0 Å². The summed E-state index contributed by atoms with van der Waals surface area (Å²) in [6.45, 7) is 3.60. The van der Waals surface area contributed by atoms with Gasteiger partial charge >= 0.3 is 0 Å². The van der Waals surface area contributed by atoms with Gasteiger partial charge in [0.05, 0.1) is 27.3 Å². The Kier molecular flexibility index (Phi) is 9.33. The van der Waals surface area contributed by atoms with Crippen molar-refractivity contribution >= 4 is 0 Å². The van der Waals surface area contributed by atoms with Crippen LogP contribution >= 0.6 is 0 Å². The second kappa shape index (κ2) is 4.77. The standard InChI is InChI=1S/C5H12N.2H2O/c1-5-6(2,3)4;;/h5H,1H2,2-4H3;2*1H2/q+1;;/p-1. The lowest BCUT2D eigenvalue weighted by Crippen LogP contribution is -2.25. The average molecular weight is 121 g/mol. The molecule has 0 saturated carbocycles. The van der Waals surface area contributed by atoms with Crippen LogP contribution in [-0.2, 0) is 0 Å². The molecule has 0 bridgehead atoms. The molecule has 52 valence electrons. The van der Waals surface area contributed by atoms with Crippen LogP contribution in [-0.4, -0.2) is 36.6 Å². The molecule has 0 fully saturated rings. The number of hydrogen-bond donors (Lipinski definition) is 0. The molecule has 0 unspecified atom stereocenters. The minimum atomic E-state index is 0. The molecule has 0 aromatic carbocycles. The molecule has 0 aliphatic rings. The number of rotatable bonds is 1. The molecule has 8 heavy (non-hydrogen) atoms. The van der Waals surface area contributed by atoms with Crippen molar-refractivity contribution in [2.75, 3.05) is 21.1 Å². The zero-order valence-corrected chi connectivity index (χ0v) is 5.68. The Labute approximate surface area is 50.4 Å². The summed E-state index contributed by atoms with van der Waals surface area (Å²) >= 11 is 0. The van der Waals surface area contributed by atoms with Gasteiger partial charge in [-0.3, -0.25) is 0 Å². The fourth-order valence-corrected chi connectivity index (χ4v) is 0.